The van der Waals surface area contributed by atoms with E-state index in [0.29, 0.717) is 23.3 Å². The summed E-state index contributed by atoms with van der Waals surface area (Å²) in [4.78, 5) is 0. The molecule has 0 spiro atoms. The maximum Gasteiger partial charge on any atom is 0.158 e. The monoisotopic (exact) mass is 540 g/mol. The van der Waals surface area contributed by atoms with E-state index in [1.807, 2.05) is 0 Å². The van der Waals surface area contributed by atoms with Gasteiger partial charge in [0.25, 0.3) is 0 Å². The highest BCUT2D eigenvalue weighted by Gasteiger charge is 2.46. The molecule has 0 nitrogen and oxygen atoms in total. The summed E-state index contributed by atoms with van der Waals surface area (Å²) in [7, 11) is -2.54. The fourth-order valence-corrected chi connectivity index (χ4v) is 11.6. The van der Waals surface area contributed by atoms with Gasteiger partial charge in [0, 0.05) is 5.54 Å². The van der Waals surface area contributed by atoms with Crippen molar-refractivity contribution < 1.29 is 0 Å². The van der Waals surface area contributed by atoms with E-state index in [2.05, 4.69) is 163 Å². The van der Waals surface area contributed by atoms with Crippen LogP contribution in [0.3, 0.4) is 0 Å². The average molecular weight is 541 g/mol. The normalized spacial score (nSPS) is 15.3. The van der Waals surface area contributed by atoms with Crippen LogP contribution in [0.5, 0.6) is 0 Å². The third kappa shape index (κ3) is 5.58. The lowest BCUT2D eigenvalue weighted by molar-refractivity contribution is 0.867. The van der Waals surface area contributed by atoms with Crippen molar-refractivity contribution in [3.8, 4) is 0 Å². The number of allylic oxidation sites excluding steroid dienone is 4. The zero-order valence-electron chi connectivity index (χ0n) is 25.1. The summed E-state index contributed by atoms with van der Waals surface area (Å²) in [5.41, 5.74) is 7.39. The molecule has 5 rings (SSSR count). The van der Waals surface area contributed by atoms with Gasteiger partial charge >= 0.3 is 0 Å². The maximum atomic E-state index is 2.60. The van der Waals surface area contributed by atoms with E-state index >= 15 is 0 Å². The molecule has 1 atom stereocenters. The predicted molar refractivity (Wildman–Crippen MR) is 177 cm³/mol. The molecule has 1 unspecified atom stereocenters. The van der Waals surface area contributed by atoms with Gasteiger partial charge in [-0.3, -0.25) is 0 Å². The highest BCUT2D eigenvalue weighted by Crippen LogP contribution is 2.34. The Morgan fingerprint density at radius 3 is 1.43 bits per heavy atom. The number of rotatable bonds is 9. The molecule has 1 aliphatic carbocycles. The molecule has 204 valence electrons. The van der Waals surface area contributed by atoms with Crippen LogP contribution in [0.2, 0.25) is 5.54 Å². The van der Waals surface area contributed by atoms with E-state index in [0.717, 1.165) is 6.42 Å². The lowest BCUT2D eigenvalue weighted by Crippen LogP contribution is -2.69. The first-order chi connectivity index (χ1) is 19.3. The third-order valence-corrected chi connectivity index (χ3v) is 13.7. The van der Waals surface area contributed by atoms with Gasteiger partial charge in [-0.15, -0.1) is 0 Å². The van der Waals surface area contributed by atoms with Crippen LogP contribution in [0.1, 0.15) is 81.5 Å². The minimum absolute atomic E-state index is 0.332. The van der Waals surface area contributed by atoms with Gasteiger partial charge in [0.2, 0.25) is 0 Å². The van der Waals surface area contributed by atoms with Gasteiger partial charge in [0.05, 0.1) is 0 Å². The standard InChI is InChI=1S/C39H44Si/c1-28(2)33-15-10-18-36(25-33)40(37-19-11-16-34(26-37)29(3)4,38-20-12-17-35(27-38)30(5)6)39-22-21-32(24-39)23-31-13-8-7-9-14-31/h7-22,24-30,39H,23H2,1-6H3. The molecule has 0 saturated carbocycles. The Morgan fingerprint density at radius 2 is 1.00 bits per heavy atom. The Kier molecular flexibility index (Phi) is 8.42. The van der Waals surface area contributed by atoms with Crippen molar-refractivity contribution in [3.05, 3.63) is 149 Å². The maximum absolute atomic E-state index is 2.60. The van der Waals surface area contributed by atoms with Crippen LogP contribution < -0.4 is 15.6 Å². The molecule has 1 heteroatoms. The molecular formula is C39H44Si. The van der Waals surface area contributed by atoms with Crippen LogP contribution in [0.4, 0.5) is 0 Å². The summed E-state index contributed by atoms with van der Waals surface area (Å²) in [6.45, 7) is 13.9. The number of benzene rings is 4. The second kappa shape index (κ2) is 12.0. The Hall–Kier alpha value is -3.42. The molecule has 0 fully saturated rings. The van der Waals surface area contributed by atoms with Gasteiger partial charge in [-0.05, 0) is 67.6 Å². The molecule has 0 aliphatic heterocycles. The summed E-state index contributed by atoms with van der Waals surface area (Å²) in [5, 5.41) is 4.52. The Morgan fingerprint density at radius 1 is 0.550 bits per heavy atom. The molecule has 40 heavy (non-hydrogen) atoms. The van der Waals surface area contributed by atoms with Crippen LogP contribution in [0.15, 0.2) is 127 Å². The zero-order chi connectivity index (χ0) is 28.3. The quantitative estimate of drug-likeness (QED) is 0.147. The van der Waals surface area contributed by atoms with Crippen molar-refractivity contribution in [2.45, 2.75) is 71.3 Å². The predicted octanol–water partition coefficient (Wildman–Crippen LogP) is 8.64. The van der Waals surface area contributed by atoms with Crippen molar-refractivity contribution in [2.24, 2.45) is 0 Å². The van der Waals surface area contributed by atoms with E-state index in [1.165, 1.54) is 43.4 Å². The molecular weight excluding hydrogens is 497 g/mol. The first-order valence-corrected chi connectivity index (χ1v) is 17.1. The van der Waals surface area contributed by atoms with Gasteiger partial charge in [-0.25, -0.2) is 0 Å². The highest BCUT2D eigenvalue weighted by atomic mass is 28.3. The molecule has 1 aliphatic rings. The Balaban J connectivity index is 1.80. The van der Waals surface area contributed by atoms with E-state index < -0.39 is 8.07 Å². The summed E-state index contributed by atoms with van der Waals surface area (Å²) in [6, 6.07) is 39.6. The molecule has 0 bridgehead atoms. The number of hydrogen-bond acceptors (Lipinski definition) is 0. The molecule has 4 aromatic rings. The molecule has 4 aromatic carbocycles. The number of hydrogen-bond donors (Lipinski definition) is 0. The van der Waals surface area contributed by atoms with Crippen molar-refractivity contribution in [1.82, 2.24) is 0 Å². The van der Waals surface area contributed by atoms with Crippen LogP contribution in [0, 0.1) is 0 Å². The summed E-state index contributed by atoms with van der Waals surface area (Å²) >= 11 is 0. The smallest absolute Gasteiger partial charge is 0.0790 e. The minimum Gasteiger partial charge on any atom is -0.0790 e. The lowest BCUT2D eigenvalue weighted by Gasteiger charge is -2.39. The van der Waals surface area contributed by atoms with E-state index in [9.17, 15) is 0 Å². The molecule has 0 amide bonds. The highest BCUT2D eigenvalue weighted by molar-refractivity contribution is 7.13. The third-order valence-electron chi connectivity index (χ3n) is 8.69. The molecule has 0 radical (unpaired) electrons. The molecule has 0 aromatic heterocycles. The average Bonchev–Trinajstić information content (AvgIpc) is 3.43. The van der Waals surface area contributed by atoms with Gasteiger partial charge in [-0.2, -0.15) is 0 Å². The van der Waals surface area contributed by atoms with Crippen LogP contribution in [-0.4, -0.2) is 8.07 Å². The van der Waals surface area contributed by atoms with Gasteiger partial charge < -0.3 is 0 Å². The van der Waals surface area contributed by atoms with Crippen molar-refractivity contribution >= 4 is 23.6 Å². The summed E-state index contributed by atoms with van der Waals surface area (Å²) in [5.74, 6) is 1.46. The second-order valence-corrected chi connectivity index (χ2v) is 16.5. The molecule has 0 N–H and O–H groups in total. The van der Waals surface area contributed by atoms with Crippen molar-refractivity contribution in [2.75, 3.05) is 0 Å². The minimum atomic E-state index is -2.54. The van der Waals surface area contributed by atoms with Gasteiger partial charge in [0.1, 0.15) is 0 Å². The van der Waals surface area contributed by atoms with Gasteiger partial charge in [0.15, 0.2) is 8.07 Å². The van der Waals surface area contributed by atoms with Crippen molar-refractivity contribution in [1.29, 1.82) is 0 Å². The molecule has 0 heterocycles. The Labute approximate surface area is 243 Å². The SMILES string of the molecule is CC(C)c1cccc([Si](c2cccc(C(C)C)c2)(c2cccc(C(C)C)c2)C2C=CC(Cc3ccccc3)=C2)c1. The van der Waals surface area contributed by atoms with Crippen LogP contribution in [0.25, 0.3) is 0 Å². The lowest BCUT2D eigenvalue weighted by atomic mass is 10.0. The van der Waals surface area contributed by atoms with Gasteiger partial charge in [-0.1, -0.05) is 163 Å². The molecule has 0 saturated heterocycles. The summed E-state index contributed by atoms with van der Waals surface area (Å²) < 4.78 is 0. The topological polar surface area (TPSA) is 0 Å². The Bertz CT molecular complexity index is 1380. The van der Waals surface area contributed by atoms with E-state index in [-0.39, 0.29) is 0 Å². The second-order valence-electron chi connectivity index (χ2n) is 12.4. The fourth-order valence-electron chi connectivity index (χ4n) is 6.29. The zero-order valence-corrected chi connectivity index (χ0v) is 26.1. The first-order valence-electron chi connectivity index (χ1n) is 15.0. The van der Waals surface area contributed by atoms with Crippen LogP contribution >= 0.6 is 0 Å². The summed E-state index contributed by atoms with van der Waals surface area (Å²) in [6.07, 6.45) is 8.51. The first kappa shape index (κ1) is 28.1. The fraction of sp³-hybridized carbons (Fsp3) is 0.282. The van der Waals surface area contributed by atoms with Crippen molar-refractivity contribution in [3.63, 3.8) is 0 Å². The van der Waals surface area contributed by atoms with E-state index in [1.54, 1.807) is 0 Å². The van der Waals surface area contributed by atoms with Crippen LogP contribution in [-0.2, 0) is 6.42 Å². The largest absolute Gasteiger partial charge is 0.158 e. The van der Waals surface area contributed by atoms with E-state index in [4.69, 9.17) is 0 Å².